The first kappa shape index (κ1) is 12.1. The number of aromatic nitrogens is 1. The summed E-state index contributed by atoms with van der Waals surface area (Å²) in [5, 5.41) is 2.88. The van der Waals surface area contributed by atoms with E-state index in [0.29, 0.717) is 10.8 Å². The smallest absolute Gasteiger partial charge is 0.263 e. The van der Waals surface area contributed by atoms with Crippen molar-refractivity contribution in [2.75, 3.05) is 5.88 Å². The van der Waals surface area contributed by atoms with Gasteiger partial charge in [-0.3, -0.25) is 9.78 Å². The first-order valence-electron chi connectivity index (χ1n) is 5.11. The van der Waals surface area contributed by atoms with Crippen molar-refractivity contribution in [3.8, 4) is 0 Å². The van der Waals surface area contributed by atoms with Gasteiger partial charge in [-0.1, -0.05) is 30.3 Å². The van der Waals surface area contributed by atoms with E-state index in [2.05, 4.69) is 10.3 Å². The molecule has 0 aliphatic heterocycles. The van der Waals surface area contributed by atoms with Crippen LogP contribution in [0.25, 0.3) is 0 Å². The molecule has 3 nitrogen and oxygen atoms in total. The van der Waals surface area contributed by atoms with Crippen molar-refractivity contribution >= 4 is 28.8 Å². The number of nitrogens with zero attached hydrogens (tertiary/aromatic N) is 1. The maximum Gasteiger partial charge on any atom is 0.263 e. The monoisotopic (exact) mass is 266 g/mol. The molecule has 1 amide bonds. The number of nitrogens with one attached hydrogen (secondary N) is 1. The van der Waals surface area contributed by atoms with Gasteiger partial charge in [0.15, 0.2) is 0 Å². The molecule has 1 aromatic carbocycles. The second-order valence-corrected chi connectivity index (χ2v) is 4.65. The highest BCUT2D eigenvalue weighted by Crippen LogP contribution is 2.15. The molecule has 0 radical (unpaired) electrons. The Bertz CT molecular complexity index is 473. The Morgan fingerprint density at radius 1 is 1.41 bits per heavy atom. The van der Waals surface area contributed by atoms with Gasteiger partial charge in [0.1, 0.15) is 4.88 Å². The lowest BCUT2D eigenvalue weighted by atomic mass is 10.1. The van der Waals surface area contributed by atoms with Crippen LogP contribution in [0.2, 0.25) is 0 Å². The predicted octanol–water partition coefficient (Wildman–Crippen LogP) is 2.85. The van der Waals surface area contributed by atoms with Crippen LogP contribution in [-0.4, -0.2) is 16.8 Å². The van der Waals surface area contributed by atoms with Gasteiger partial charge in [0.2, 0.25) is 0 Å². The quantitative estimate of drug-likeness (QED) is 0.865. The molecule has 1 heterocycles. The zero-order valence-electron chi connectivity index (χ0n) is 8.97. The van der Waals surface area contributed by atoms with Crippen LogP contribution in [0.1, 0.15) is 21.3 Å². The van der Waals surface area contributed by atoms with Gasteiger partial charge in [0.05, 0.1) is 17.7 Å². The first-order chi connectivity index (χ1) is 8.31. The minimum Gasteiger partial charge on any atom is -0.343 e. The molecule has 0 aliphatic carbocycles. The van der Waals surface area contributed by atoms with Gasteiger partial charge in [0, 0.05) is 5.88 Å². The number of hydrogen-bond acceptors (Lipinski definition) is 3. The molecule has 0 fully saturated rings. The lowest BCUT2D eigenvalue weighted by Gasteiger charge is -2.15. The van der Waals surface area contributed by atoms with Crippen LogP contribution in [0.4, 0.5) is 0 Å². The summed E-state index contributed by atoms with van der Waals surface area (Å²) in [4.78, 5) is 16.3. The highest BCUT2D eigenvalue weighted by Gasteiger charge is 2.15. The fourth-order valence-electron chi connectivity index (χ4n) is 1.45. The number of carbonyl (C=O) groups is 1. The highest BCUT2D eigenvalue weighted by molar-refractivity contribution is 7.11. The lowest BCUT2D eigenvalue weighted by molar-refractivity contribution is 0.0944. The number of benzene rings is 1. The molecule has 0 saturated heterocycles. The third-order valence-corrected chi connectivity index (χ3v) is 3.40. The van der Waals surface area contributed by atoms with Crippen molar-refractivity contribution < 1.29 is 4.79 Å². The minimum absolute atomic E-state index is 0.137. The lowest BCUT2D eigenvalue weighted by Crippen LogP contribution is -2.28. The molecule has 0 bridgehead atoms. The Morgan fingerprint density at radius 3 is 2.76 bits per heavy atom. The molecule has 0 aliphatic rings. The van der Waals surface area contributed by atoms with Crippen LogP contribution >= 0.6 is 22.9 Å². The normalized spacial score (nSPS) is 12.1. The number of hydrogen-bond donors (Lipinski definition) is 1. The number of alkyl halides is 1. The van der Waals surface area contributed by atoms with Crippen molar-refractivity contribution in [2.45, 2.75) is 6.04 Å². The summed E-state index contributed by atoms with van der Waals surface area (Å²) in [7, 11) is 0. The zero-order chi connectivity index (χ0) is 12.1. The van der Waals surface area contributed by atoms with Gasteiger partial charge in [-0.05, 0) is 5.56 Å². The number of carbonyl (C=O) groups excluding carboxylic acids is 1. The summed E-state index contributed by atoms with van der Waals surface area (Å²) in [5.74, 6) is 0.205. The summed E-state index contributed by atoms with van der Waals surface area (Å²) >= 11 is 7.19. The van der Waals surface area contributed by atoms with E-state index in [0.717, 1.165) is 5.56 Å². The topological polar surface area (TPSA) is 42.0 Å². The Morgan fingerprint density at radius 2 is 2.18 bits per heavy atom. The molecule has 2 aromatic rings. The molecule has 0 spiro atoms. The SMILES string of the molecule is O=C(NC(CCl)c1ccccc1)c1cncs1. The number of rotatable bonds is 4. The van der Waals surface area contributed by atoms with Crippen LogP contribution in [-0.2, 0) is 0 Å². The number of amides is 1. The fraction of sp³-hybridized carbons (Fsp3) is 0.167. The molecule has 17 heavy (non-hydrogen) atoms. The Balaban J connectivity index is 2.09. The van der Waals surface area contributed by atoms with Crippen LogP contribution in [0, 0.1) is 0 Å². The van der Waals surface area contributed by atoms with Crippen molar-refractivity contribution in [3.05, 3.63) is 52.5 Å². The zero-order valence-corrected chi connectivity index (χ0v) is 10.5. The molecular formula is C12H11ClN2OS. The molecule has 1 aromatic heterocycles. The minimum atomic E-state index is -0.174. The third kappa shape index (κ3) is 3.05. The predicted molar refractivity (Wildman–Crippen MR) is 69.5 cm³/mol. The molecule has 1 unspecified atom stereocenters. The van der Waals surface area contributed by atoms with Crippen molar-refractivity contribution in [1.29, 1.82) is 0 Å². The van der Waals surface area contributed by atoms with Gasteiger partial charge in [-0.2, -0.15) is 0 Å². The second-order valence-electron chi connectivity index (χ2n) is 3.46. The van der Waals surface area contributed by atoms with Crippen LogP contribution < -0.4 is 5.32 Å². The third-order valence-electron chi connectivity index (χ3n) is 2.32. The summed E-state index contributed by atoms with van der Waals surface area (Å²) in [6, 6.07) is 9.49. The van der Waals surface area contributed by atoms with E-state index in [9.17, 15) is 4.79 Å². The van der Waals surface area contributed by atoms with E-state index in [1.54, 1.807) is 11.7 Å². The molecular weight excluding hydrogens is 256 g/mol. The number of thiazole rings is 1. The van der Waals surface area contributed by atoms with E-state index in [4.69, 9.17) is 11.6 Å². The Labute approximate surface area is 108 Å². The summed E-state index contributed by atoms with van der Waals surface area (Å²) in [6.07, 6.45) is 1.55. The van der Waals surface area contributed by atoms with E-state index in [1.807, 2.05) is 30.3 Å². The van der Waals surface area contributed by atoms with E-state index in [-0.39, 0.29) is 11.9 Å². The summed E-state index contributed by atoms with van der Waals surface area (Å²) in [5.41, 5.74) is 2.63. The van der Waals surface area contributed by atoms with Crippen LogP contribution in [0.15, 0.2) is 42.0 Å². The molecule has 1 atom stereocenters. The van der Waals surface area contributed by atoms with Crippen molar-refractivity contribution in [2.24, 2.45) is 0 Å². The van der Waals surface area contributed by atoms with Crippen LogP contribution in [0.3, 0.4) is 0 Å². The fourth-order valence-corrected chi connectivity index (χ4v) is 2.23. The van der Waals surface area contributed by atoms with E-state index < -0.39 is 0 Å². The van der Waals surface area contributed by atoms with Gasteiger partial charge >= 0.3 is 0 Å². The summed E-state index contributed by atoms with van der Waals surface area (Å²) < 4.78 is 0. The highest BCUT2D eigenvalue weighted by atomic mass is 35.5. The molecule has 88 valence electrons. The standard InChI is InChI=1S/C12H11ClN2OS/c13-6-10(9-4-2-1-3-5-9)15-12(16)11-7-14-8-17-11/h1-5,7-8,10H,6H2,(H,15,16). The van der Waals surface area contributed by atoms with Crippen molar-refractivity contribution in [3.63, 3.8) is 0 Å². The van der Waals surface area contributed by atoms with E-state index >= 15 is 0 Å². The molecule has 2 rings (SSSR count). The van der Waals surface area contributed by atoms with Gasteiger partial charge in [-0.25, -0.2) is 0 Å². The van der Waals surface area contributed by atoms with E-state index in [1.165, 1.54) is 11.3 Å². The maximum absolute atomic E-state index is 11.8. The molecule has 1 N–H and O–H groups in total. The largest absolute Gasteiger partial charge is 0.343 e. The molecule has 0 saturated carbocycles. The van der Waals surface area contributed by atoms with Crippen LogP contribution in [0.5, 0.6) is 0 Å². The average molecular weight is 267 g/mol. The Kier molecular flexibility index (Phi) is 4.12. The first-order valence-corrected chi connectivity index (χ1v) is 6.53. The maximum atomic E-state index is 11.8. The van der Waals surface area contributed by atoms with Crippen molar-refractivity contribution in [1.82, 2.24) is 10.3 Å². The average Bonchev–Trinajstić information content (AvgIpc) is 2.90. The molecule has 5 heteroatoms. The van der Waals surface area contributed by atoms with Gasteiger partial charge in [0.25, 0.3) is 5.91 Å². The number of halogens is 1. The summed E-state index contributed by atoms with van der Waals surface area (Å²) in [6.45, 7) is 0. The van der Waals surface area contributed by atoms with Gasteiger partial charge in [-0.15, -0.1) is 22.9 Å². The Hall–Kier alpha value is -1.39. The second kappa shape index (κ2) is 5.80. The van der Waals surface area contributed by atoms with Gasteiger partial charge < -0.3 is 5.32 Å².